The van der Waals surface area contributed by atoms with E-state index in [-0.39, 0.29) is 0 Å². The van der Waals surface area contributed by atoms with Crippen LogP contribution in [-0.2, 0) is 6.42 Å². The van der Waals surface area contributed by atoms with Crippen LogP contribution in [0.3, 0.4) is 0 Å². The molecule has 1 aromatic carbocycles. The van der Waals surface area contributed by atoms with Gasteiger partial charge in [0.25, 0.3) is 0 Å². The molecule has 2 heteroatoms. The molecule has 0 unspecified atom stereocenters. The second kappa shape index (κ2) is 13.8. The Morgan fingerprint density at radius 2 is 1.18 bits per heavy atom. The zero-order valence-electron chi connectivity index (χ0n) is 19.0. The minimum atomic E-state index is -2.02. The first kappa shape index (κ1) is 25.7. The van der Waals surface area contributed by atoms with Gasteiger partial charge in [-0.25, -0.2) is 0 Å². The van der Waals surface area contributed by atoms with E-state index in [2.05, 4.69) is 51.6 Å². The molecule has 0 N–H and O–H groups in total. The summed E-state index contributed by atoms with van der Waals surface area (Å²) in [5, 5.41) is 0. The Balaban J connectivity index is 2.49. The zero-order valence-corrected chi connectivity index (χ0v) is 20.7. The van der Waals surface area contributed by atoms with E-state index in [9.17, 15) is 0 Å². The summed E-state index contributed by atoms with van der Waals surface area (Å²) >= 11 is 7.69. The second-order valence-corrected chi connectivity index (χ2v) is 17.2. The Morgan fingerprint density at radius 1 is 0.714 bits per heavy atom. The topological polar surface area (TPSA) is 0 Å². The summed E-state index contributed by atoms with van der Waals surface area (Å²) in [7, 11) is 0. The molecule has 0 bridgehead atoms. The van der Waals surface area contributed by atoms with E-state index in [4.69, 9.17) is 11.2 Å². The first-order valence-electron chi connectivity index (χ1n) is 11.9. The third kappa shape index (κ3) is 9.45. The standard InChI is InChI=1S/C26H46ClP/c1-5-9-21-28(27,22-10-6-2,23-11-7-3)24-15-13-12-14-16-26-19-17-25(8-4)18-20-26/h8,17-20H,4-7,9-16,21-24H2,1-3H3. The molecule has 0 fully saturated rings. The summed E-state index contributed by atoms with van der Waals surface area (Å²) in [6, 6.07) is 8.86. The normalized spacial score (nSPS) is 13.2. The maximum atomic E-state index is 7.69. The summed E-state index contributed by atoms with van der Waals surface area (Å²) in [5.74, 6) is -2.02. The van der Waals surface area contributed by atoms with Crippen LogP contribution in [0.5, 0.6) is 0 Å². The van der Waals surface area contributed by atoms with Crippen molar-refractivity contribution in [1.29, 1.82) is 0 Å². The van der Waals surface area contributed by atoms with Crippen LogP contribution in [0.1, 0.15) is 96.1 Å². The number of unbranched alkanes of at least 4 members (excludes halogenated alkanes) is 6. The van der Waals surface area contributed by atoms with Crippen LogP contribution in [0.2, 0.25) is 0 Å². The molecule has 0 aliphatic rings. The first-order chi connectivity index (χ1) is 13.5. The van der Waals surface area contributed by atoms with Crippen LogP contribution < -0.4 is 0 Å². The third-order valence-corrected chi connectivity index (χ3v) is 14.1. The monoisotopic (exact) mass is 424 g/mol. The Hall–Kier alpha value is -0.320. The Morgan fingerprint density at radius 3 is 1.64 bits per heavy atom. The average molecular weight is 425 g/mol. The molecule has 0 spiro atoms. The zero-order chi connectivity index (χ0) is 20.7. The van der Waals surface area contributed by atoms with Gasteiger partial charge in [-0.2, -0.15) is 0 Å². The maximum absolute atomic E-state index is 7.69. The van der Waals surface area contributed by atoms with Crippen LogP contribution in [-0.4, -0.2) is 24.6 Å². The van der Waals surface area contributed by atoms with Crippen molar-refractivity contribution < 1.29 is 0 Å². The quantitative estimate of drug-likeness (QED) is 0.172. The second-order valence-electron chi connectivity index (χ2n) is 8.88. The van der Waals surface area contributed by atoms with Crippen molar-refractivity contribution in [1.82, 2.24) is 0 Å². The van der Waals surface area contributed by atoms with E-state index in [0.29, 0.717) is 0 Å². The van der Waals surface area contributed by atoms with E-state index in [1.54, 1.807) is 0 Å². The van der Waals surface area contributed by atoms with Crippen LogP contribution in [0.4, 0.5) is 0 Å². The van der Waals surface area contributed by atoms with Gasteiger partial charge in [0.2, 0.25) is 0 Å². The van der Waals surface area contributed by atoms with E-state index in [0.717, 1.165) is 0 Å². The fourth-order valence-electron chi connectivity index (χ4n) is 4.34. The molecular formula is C26H46ClP. The van der Waals surface area contributed by atoms with Gasteiger partial charge in [0.15, 0.2) is 0 Å². The third-order valence-electron chi connectivity index (χ3n) is 6.36. The number of benzene rings is 1. The van der Waals surface area contributed by atoms with Crippen LogP contribution in [0.25, 0.3) is 6.08 Å². The van der Waals surface area contributed by atoms with Gasteiger partial charge in [0.1, 0.15) is 0 Å². The van der Waals surface area contributed by atoms with E-state index < -0.39 is 5.96 Å². The van der Waals surface area contributed by atoms with Crippen LogP contribution in [0.15, 0.2) is 30.8 Å². The molecule has 0 radical (unpaired) electrons. The van der Waals surface area contributed by atoms with E-state index in [1.807, 2.05) is 6.08 Å². The van der Waals surface area contributed by atoms with Gasteiger partial charge in [-0.3, -0.25) is 0 Å². The van der Waals surface area contributed by atoms with Crippen molar-refractivity contribution in [3.05, 3.63) is 42.0 Å². The van der Waals surface area contributed by atoms with Gasteiger partial charge in [0, 0.05) is 0 Å². The van der Waals surface area contributed by atoms with Gasteiger partial charge in [0.05, 0.1) is 0 Å². The van der Waals surface area contributed by atoms with Gasteiger partial charge < -0.3 is 0 Å². The molecule has 0 amide bonds. The van der Waals surface area contributed by atoms with E-state index >= 15 is 0 Å². The number of aryl methyl sites for hydroxylation is 1. The number of halogens is 1. The molecule has 0 saturated carbocycles. The average Bonchev–Trinajstić information content (AvgIpc) is 2.73. The van der Waals surface area contributed by atoms with Gasteiger partial charge in [-0.15, -0.1) is 0 Å². The molecule has 0 atom stereocenters. The van der Waals surface area contributed by atoms with Crippen LogP contribution >= 0.6 is 17.2 Å². The Kier molecular flexibility index (Phi) is 12.7. The van der Waals surface area contributed by atoms with Crippen molar-refractivity contribution in [3.8, 4) is 0 Å². The van der Waals surface area contributed by atoms with Crippen molar-refractivity contribution in [3.63, 3.8) is 0 Å². The fraction of sp³-hybridized carbons (Fsp3) is 0.692. The summed E-state index contributed by atoms with van der Waals surface area (Å²) < 4.78 is 0. The molecule has 0 aromatic heterocycles. The molecule has 1 aromatic rings. The molecule has 162 valence electrons. The van der Waals surface area contributed by atoms with Crippen LogP contribution in [0, 0.1) is 0 Å². The van der Waals surface area contributed by atoms with Gasteiger partial charge in [-0.1, -0.05) is 0 Å². The van der Waals surface area contributed by atoms with Crippen molar-refractivity contribution in [2.75, 3.05) is 24.6 Å². The van der Waals surface area contributed by atoms with Crippen molar-refractivity contribution >= 4 is 23.3 Å². The summed E-state index contributed by atoms with van der Waals surface area (Å²) in [6.07, 6.45) is 21.6. The van der Waals surface area contributed by atoms with Gasteiger partial charge >= 0.3 is 181 Å². The SMILES string of the molecule is C=Cc1ccc(CCCCCCP(Cl)(CCCC)(CCCC)CCCC)cc1. The minimum absolute atomic E-state index is 1.20. The molecule has 1 rings (SSSR count). The van der Waals surface area contributed by atoms with E-state index in [1.165, 1.54) is 106 Å². The van der Waals surface area contributed by atoms with Crippen molar-refractivity contribution in [2.45, 2.75) is 91.4 Å². The first-order valence-corrected chi connectivity index (χ1v) is 15.8. The Labute approximate surface area is 181 Å². The molecule has 0 heterocycles. The molecule has 0 saturated heterocycles. The Bertz CT molecular complexity index is 509. The summed E-state index contributed by atoms with van der Waals surface area (Å²) in [4.78, 5) is 0. The molecule has 0 nitrogen and oxygen atoms in total. The molecule has 0 aliphatic heterocycles. The molecule has 0 aliphatic carbocycles. The summed E-state index contributed by atoms with van der Waals surface area (Å²) in [5.41, 5.74) is 2.67. The fourth-order valence-corrected chi connectivity index (χ4v) is 11.5. The number of rotatable bonds is 17. The number of hydrogen-bond acceptors (Lipinski definition) is 0. The predicted octanol–water partition coefficient (Wildman–Crippen LogP) is 9.54. The molecule has 28 heavy (non-hydrogen) atoms. The van der Waals surface area contributed by atoms with Crippen molar-refractivity contribution in [2.24, 2.45) is 0 Å². The molecular weight excluding hydrogens is 379 g/mol. The number of hydrogen-bond donors (Lipinski definition) is 0. The predicted molar refractivity (Wildman–Crippen MR) is 136 cm³/mol. The summed E-state index contributed by atoms with van der Waals surface area (Å²) in [6.45, 7) is 10.8. The van der Waals surface area contributed by atoms with Gasteiger partial charge in [-0.05, 0) is 0 Å².